The summed E-state index contributed by atoms with van der Waals surface area (Å²) >= 11 is 0. The van der Waals surface area contributed by atoms with E-state index in [1.807, 2.05) is 31.2 Å². The van der Waals surface area contributed by atoms with Gasteiger partial charge < -0.3 is 5.32 Å². The van der Waals surface area contributed by atoms with Crippen LogP contribution in [0, 0.1) is 6.92 Å². The lowest BCUT2D eigenvalue weighted by Gasteiger charge is -2.04. The number of nitrogens with zero attached hydrogens (tertiary/aromatic N) is 3. The van der Waals surface area contributed by atoms with E-state index in [0.717, 1.165) is 11.1 Å². The molecule has 0 unspecified atom stereocenters. The average molecular weight is 245 g/mol. The molecule has 6 heteroatoms. The van der Waals surface area contributed by atoms with E-state index in [4.69, 9.17) is 0 Å². The smallest absolute Gasteiger partial charge is 0.224 e. The van der Waals surface area contributed by atoms with E-state index in [0.29, 0.717) is 25.2 Å². The van der Waals surface area contributed by atoms with Gasteiger partial charge in [-0.2, -0.15) is 5.21 Å². The molecular weight excluding hydrogens is 230 g/mol. The zero-order valence-corrected chi connectivity index (χ0v) is 10.2. The highest BCUT2D eigenvalue weighted by Crippen LogP contribution is 2.04. The SMILES string of the molecule is Cc1cccc(CC(=O)NCCc2nn[nH]n2)c1. The molecule has 0 saturated carbocycles. The molecular formula is C12H15N5O. The molecule has 18 heavy (non-hydrogen) atoms. The summed E-state index contributed by atoms with van der Waals surface area (Å²) in [6.45, 7) is 2.53. The van der Waals surface area contributed by atoms with Gasteiger partial charge in [0.2, 0.25) is 5.91 Å². The van der Waals surface area contributed by atoms with Crippen molar-refractivity contribution in [1.82, 2.24) is 25.9 Å². The number of aromatic nitrogens is 4. The van der Waals surface area contributed by atoms with Crippen LogP contribution >= 0.6 is 0 Å². The van der Waals surface area contributed by atoms with Gasteiger partial charge in [-0.1, -0.05) is 35.0 Å². The van der Waals surface area contributed by atoms with Crippen molar-refractivity contribution in [3.8, 4) is 0 Å². The Hall–Kier alpha value is -2.24. The van der Waals surface area contributed by atoms with Crippen LogP contribution in [0.3, 0.4) is 0 Å². The minimum Gasteiger partial charge on any atom is -0.355 e. The molecule has 0 aliphatic carbocycles. The van der Waals surface area contributed by atoms with Crippen LogP contribution in [0.25, 0.3) is 0 Å². The van der Waals surface area contributed by atoms with Crippen molar-refractivity contribution in [2.24, 2.45) is 0 Å². The summed E-state index contributed by atoms with van der Waals surface area (Å²) in [5.41, 5.74) is 2.18. The first kappa shape index (κ1) is 12.2. The van der Waals surface area contributed by atoms with E-state index >= 15 is 0 Å². The van der Waals surface area contributed by atoms with Gasteiger partial charge in [0, 0.05) is 13.0 Å². The molecule has 0 aliphatic rings. The maximum absolute atomic E-state index is 11.7. The Labute approximate surface area is 105 Å². The molecule has 1 aromatic heterocycles. The highest BCUT2D eigenvalue weighted by molar-refractivity contribution is 5.78. The first-order valence-electron chi connectivity index (χ1n) is 5.78. The molecule has 0 fully saturated rings. The van der Waals surface area contributed by atoms with Crippen LogP contribution in [-0.2, 0) is 17.6 Å². The van der Waals surface area contributed by atoms with E-state index in [1.54, 1.807) is 0 Å². The van der Waals surface area contributed by atoms with Gasteiger partial charge in [-0.3, -0.25) is 4.79 Å². The topological polar surface area (TPSA) is 83.6 Å². The van der Waals surface area contributed by atoms with Crippen molar-refractivity contribution in [2.75, 3.05) is 6.54 Å². The summed E-state index contributed by atoms with van der Waals surface area (Å²) in [7, 11) is 0. The molecule has 1 heterocycles. The largest absolute Gasteiger partial charge is 0.355 e. The Bertz CT molecular complexity index is 509. The second-order valence-electron chi connectivity index (χ2n) is 4.09. The van der Waals surface area contributed by atoms with Crippen molar-refractivity contribution in [1.29, 1.82) is 0 Å². The maximum atomic E-state index is 11.7. The highest BCUT2D eigenvalue weighted by atomic mass is 16.1. The molecule has 2 rings (SSSR count). The molecule has 0 radical (unpaired) electrons. The quantitative estimate of drug-likeness (QED) is 0.799. The van der Waals surface area contributed by atoms with E-state index in [-0.39, 0.29) is 5.91 Å². The molecule has 0 saturated heterocycles. The van der Waals surface area contributed by atoms with Crippen LogP contribution in [0.15, 0.2) is 24.3 Å². The molecule has 0 bridgehead atoms. The lowest BCUT2D eigenvalue weighted by Crippen LogP contribution is -2.27. The first-order chi connectivity index (χ1) is 8.74. The zero-order valence-electron chi connectivity index (χ0n) is 10.2. The normalized spacial score (nSPS) is 10.3. The number of carbonyl (C=O) groups excluding carboxylic acids is 1. The van der Waals surface area contributed by atoms with Crippen molar-refractivity contribution >= 4 is 5.91 Å². The monoisotopic (exact) mass is 245 g/mol. The number of aromatic amines is 1. The predicted molar refractivity (Wildman–Crippen MR) is 65.8 cm³/mol. The van der Waals surface area contributed by atoms with Gasteiger partial charge in [-0.05, 0) is 12.5 Å². The zero-order chi connectivity index (χ0) is 12.8. The fourth-order valence-electron chi connectivity index (χ4n) is 1.67. The summed E-state index contributed by atoms with van der Waals surface area (Å²) in [4.78, 5) is 11.7. The van der Waals surface area contributed by atoms with Crippen LogP contribution in [0.2, 0.25) is 0 Å². The van der Waals surface area contributed by atoms with Crippen molar-refractivity contribution < 1.29 is 4.79 Å². The van der Waals surface area contributed by atoms with Gasteiger partial charge >= 0.3 is 0 Å². The van der Waals surface area contributed by atoms with Crippen LogP contribution in [0.5, 0.6) is 0 Å². The summed E-state index contributed by atoms with van der Waals surface area (Å²) in [6.07, 6.45) is 0.976. The van der Waals surface area contributed by atoms with Crippen molar-refractivity contribution in [3.63, 3.8) is 0 Å². The average Bonchev–Trinajstić information content (AvgIpc) is 2.82. The second-order valence-corrected chi connectivity index (χ2v) is 4.09. The number of rotatable bonds is 5. The number of H-pyrrole nitrogens is 1. The second kappa shape index (κ2) is 5.90. The number of hydrogen-bond acceptors (Lipinski definition) is 4. The predicted octanol–water partition coefficient (Wildman–Crippen LogP) is 0.410. The third-order valence-corrected chi connectivity index (χ3v) is 2.51. The van der Waals surface area contributed by atoms with Gasteiger partial charge in [-0.25, -0.2) is 0 Å². The maximum Gasteiger partial charge on any atom is 0.224 e. The van der Waals surface area contributed by atoms with Crippen molar-refractivity contribution in [3.05, 3.63) is 41.2 Å². The Kier molecular flexibility index (Phi) is 4.01. The van der Waals surface area contributed by atoms with Crippen LogP contribution < -0.4 is 5.32 Å². The fraction of sp³-hybridized carbons (Fsp3) is 0.333. The minimum absolute atomic E-state index is 0.00379. The molecule has 2 N–H and O–H groups in total. The molecule has 0 atom stereocenters. The number of tetrazole rings is 1. The Morgan fingerprint density at radius 2 is 2.33 bits per heavy atom. The summed E-state index contributed by atoms with van der Waals surface area (Å²) < 4.78 is 0. The van der Waals surface area contributed by atoms with Crippen LogP contribution in [-0.4, -0.2) is 33.1 Å². The summed E-state index contributed by atoms with van der Waals surface area (Å²) in [6, 6.07) is 7.93. The number of carbonyl (C=O) groups is 1. The molecule has 1 aromatic carbocycles. The fourth-order valence-corrected chi connectivity index (χ4v) is 1.67. The lowest BCUT2D eigenvalue weighted by atomic mass is 10.1. The number of nitrogens with one attached hydrogen (secondary N) is 2. The molecule has 6 nitrogen and oxygen atoms in total. The molecule has 0 spiro atoms. The Morgan fingerprint density at radius 3 is 3.06 bits per heavy atom. The molecule has 1 amide bonds. The third kappa shape index (κ3) is 3.65. The van der Waals surface area contributed by atoms with E-state index in [2.05, 4.69) is 25.9 Å². The van der Waals surface area contributed by atoms with E-state index in [9.17, 15) is 4.79 Å². The van der Waals surface area contributed by atoms with Crippen LogP contribution in [0.1, 0.15) is 17.0 Å². The number of aryl methyl sites for hydroxylation is 1. The number of amides is 1. The van der Waals surface area contributed by atoms with Gasteiger partial charge in [-0.15, -0.1) is 10.2 Å². The Morgan fingerprint density at radius 1 is 1.44 bits per heavy atom. The van der Waals surface area contributed by atoms with Gasteiger partial charge in [0.1, 0.15) is 0 Å². The molecule has 2 aromatic rings. The van der Waals surface area contributed by atoms with Gasteiger partial charge in [0.05, 0.1) is 6.42 Å². The van der Waals surface area contributed by atoms with Crippen LogP contribution in [0.4, 0.5) is 0 Å². The third-order valence-electron chi connectivity index (χ3n) is 2.51. The number of benzene rings is 1. The minimum atomic E-state index is 0.00379. The Balaban J connectivity index is 1.75. The lowest BCUT2D eigenvalue weighted by molar-refractivity contribution is -0.120. The first-order valence-corrected chi connectivity index (χ1v) is 5.78. The van der Waals surface area contributed by atoms with Gasteiger partial charge in [0.15, 0.2) is 5.82 Å². The molecule has 0 aliphatic heterocycles. The highest BCUT2D eigenvalue weighted by Gasteiger charge is 2.04. The van der Waals surface area contributed by atoms with Crippen molar-refractivity contribution in [2.45, 2.75) is 19.8 Å². The molecule has 94 valence electrons. The van der Waals surface area contributed by atoms with E-state index in [1.165, 1.54) is 0 Å². The van der Waals surface area contributed by atoms with E-state index < -0.39 is 0 Å². The summed E-state index contributed by atoms with van der Waals surface area (Å²) in [5, 5.41) is 16.3. The standard InChI is InChI=1S/C12H15N5O/c1-9-3-2-4-10(7-9)8-12(18)13-6-5-11-14-16-17-15-11/h2-4,7H,5-6,8H2,1H3,(H,13,18)(H,14,15,16,17). The number of hydrogen-bond donors (Lipinski definition) is 2. The summed E-state index contributed by atoms with van der Waals surface area (Å²) in [5.74, 6) is 0.606. The van der Waals surface area contributed by atoms with Gasteiger partial charge in [0.25, 0.3) is 0 Å².